The lowest BCUT2D eigenvalue weighted by Gasteiger charge is -2.23. The first-order valence-corrected chi connectivity index (χ1v) is 6.85. The molecule has 0 spiro atoms. The summed E-state index contributed by atoms with van der Waals surface area (Å²) < 4.78 is 6.90. The predicted molar refractivity (Wildman–Crippen MR) is 73.4 cm³/mol. The molecule has 6 nitrogen and oxygen atoms in total. The van der Waals surface area contributed by atoms with Gasteiger partial charge in [-0.05, 0) is 6.92 Å². The topological polar surface area (TPSA) is 55.5 Å². The molecule has 0 aliphatic rings. The minimum absolute atomic E-state index is 0.627. The Morgan fingerprint density at radius 3 is 3.00 bits per heavy atom. The van der Waals surface area contributed by atoms with Gasteiger partial charge in [0.25, 0.3) is 5.78 Å². The number of methoxy groups -OCH3 is 1. The molecule has 0 bridgehead atoms. The third-order valence-electron chi connectivity index (χ3n) is 2.60. The van der Waals surface area contributed by atoms with Gasteiger partial charge in [-0.3, -0.25) is 0 Å². The monoisotopic (exact) mass is 313 g/mol. The molecule has 98 valence electrons. The second-order valence-electron chi connectivity index (χ2n) is 3.90. The van der Waals surface area contributed by atoms with Gasteiger partial charge in [-0.15, -0.1) is 0 Å². The first-order chi connectivity index (χ1) is 8.76. The van der Waals surface area contributed by atoms with E-state index in [2.05, 4.69) is 35.9 Å². The summed E-state index contributed by atoms with van der Waals surface area (Å²) in [5.74, 6) is 1.62. The minimum Gasteiger partial charge on any atom is -0.383 e. The van der Waals surface area contributed by atoms with Crippen molar-refractivity contribution in [1.29, 1.82) is 0 Å². The maximum Gasteiger partial charge on any atom is 0.254 e. The molecule has 0 aliphatic carbocycles. The van der Waals surface area contributed by atoms with E-state index in [9.17, 15) is 0 Å². The summed E-state index contributed by atoms with van der Waals surface area (Å²) in [4.78, 5) is 10.7. The van der Waals surface area contributed by atoms with E-state index in [4.69, 9.17) is 4.74 Å². The highest BCUT2D eigenvalue weighted by Crippen LogP contribution is 2.15. The van der Waals surface area contributed by atoms with Crippen LogP contribution in [0.25, 0.3) is 5.78 Å². The maximum absolute atomic E-state index is 5.15. The van der Waals surface area contributed by atoms with Crippen molar-refractivity contribution in [3.8, 4) is 0 Å². The number of rotatable bonds is 6. The lowest BCUT2D eigenvalue weighted by molar-refractivity contribution is 0.205. The van der Waals surface area contributed by atoms with Gasteiger partial charge < -0.3 is 9.64 Å². The molecule has 0 amide bonds. The van der Waals surface area contributed by atoms with E-state index in [-0.39, 0.29) is 0 Å². The number of aryl methyl sites for hydroxylation is 1. The van der Waals surface area contributed by atoms with Gasteiger partial charge in [-0.2, -0.15) is 14.6 Å². The molecule has 7 heteroatoms. The van der Waals surface area contributed by atoms with Gasteiger partial charge in [-0.25, -0.2) is 4.98 Å². The Hall–Kier alpha value is -1.21. The maximum atomic E-state index is 5.15. The average Bonchev–Trinajstić information content (AvgIpc) is 2.81. The normalized spacial score (nSPS) is 11.1. The molecule has 2 aromatic rings. The summed E-state index contributed by atoms with van der Waals surface area (Å²) in [6.07, 6.45) is 1.52. The smallest absolute Gasteiger partial charge is 0.254 e. The highest BCUT2D eigenvalue weighted by Gasteiger charge is 2.12. The Bertz CT molecular complexity index is 515. The summed E-state index contributed by atoms with van der Waals surface area (Å²) in [6, 6.07) is 2.01. The molecule has 0 aromatic carbocycles. The van der Waals surface area contributed by atoms with Crippen LogP contribution in [0.4, 0.5) is 5.82 Å². The number of hydrogen-bond acceptors (Lipinski definition) is 5. The molecular formula is C11H16BrN5O. The highest BCUT2D eigenvalue weighted by molar-refractivity contribution is 9.09. The quantitative estimate of drug-likeness (QED) is 0.752. The van der Waals surface area contributed by atoms with Crippen LogP contribution in [0.3, 0.4) is 0 Å². The predicted octanol–water partition coefficient (Wildman–Crippen LogP) is 1.28. The van der Waals surface area contributed by atoms with E-state index >= 15 is 0 Å². The van der Waals surface area contributed by atoms with E-state index < -0.39 is 0 Å². The fourth-order valence-corrected chi connectivity index (χ4v) is 2.21. The number of halogens is 1. The van der Waals surface area contributed by atoms with Gasteiger partial charge in [0.05, 0.1) is 6.61 Å². The summed E-state index contributed by atoms with van der Waals surface area (Å²) >= 11 is 3.47. The minimum atomic E-state index is 0.627. The van der Waals surface area contributed by atoms with Gasteiger partial charge in [0.2, 0.25) is 0 Å². The molecule has 0 radical (unpaired) electrons. The third kappa shape index (κ3) is 2.78. The second-order valence-corrected chi connectivity index (χ2v) is 4.69. The molecule has 0 aliphatic heterocycles. The Morgan fingerprint density at radius 2 is 2.28 bits per heavy atom. The Morgan fingerprint density at radius 1 is 1.44 bits per heavy atom. The Labute approximate surface area is 114 Å². The third-order valence-corrected chi connectivity index (χ3v) is 2.96. The summed E-state index contributed by atoms with van der Waals surface area (Å²) in [5.41, 5.74) is 0.933. The van der Waals surface area contributed by atoms with Gasteiger partial charge in [0, 0.05) is 37.3 Å². The zero-order valence-corrected chi connectivity index (χ0v) is 12.1. The molecule has 0 fully saturated rings. The summed E-state index contributed by atoms with van der Waals surface area (Å²) in [6.45, 7) is 4.31. The van der Waals surface area contributed by atoms with Crippen molar-refractivity contribution in [1.82, 2.24) is 19.6 Å². The lowest BCUT2D eigenvalue weighted by atomic mass is 10.4. The Balaban J connectivity index is 2.38. The first kappa shape index (κ1) is 13.2. The van der Waals surface area contributed by atoms with E-state index in [1.807, 2.05) is 13.0 Å². The van der Waals surface area contributed by atoms with Crippen LogP contribution in [0.2, 0.25) is 0 Å². The molecule has 0 saturated carbocycles. The van der Waals surface area contributed by atoms with Crippen LogP contribution in [0.1, 0.15) is 5.69 Å². The average molecular weight is 314 g/mol. The van der Waals surface area contributed by atoms with E-state index in [1.165, 1.54) is 6.33 Å². The van der Waals surface area contributed by atoms with Crippen LogP contribution >= 0.6 is 15.9 Å². The van der Waals surface area contributed by atoms with Crippen LogP contribution in [0, 0.1) is 6.92 Å². The number of alkyl halides is 1. The number of aromatic nitrogens is 4. The molecular weight excluding hydrogens is 298 g/mol. The highest BCUT2D eigenvalue weighted by atomic mass is 79.9. The van der Waals surface area contributed by atoms with Crippen molar-refractivity contribution in [3.63, 3.8) is 0 Å². The molecule has 0 saturated heterocycles. The molecule has 0 atom stereocenters. The molecule has 2 aromatic heterocycles. The Kier molecular flexibility index (Phi) is 4.48. The van der Waals surface area contributed by atoms with Gasteiger partial charge >= 0.3 is 0 Å². The van der Waals surface area contributed by atoms with Crippen LogP contribution in [0.15, 0.2) is 12.4 Å². The van der Waals surface area contributed by atoms with Crippen molar-refractivity contribution in [2.24, 2.45) is 0 Å². The van der Waals surface area contributed by atoms with Crippen LogP contribution in [-0.2, 0) is 4.74 Å². The number of nitrogens with zero attached hydrogens (tertiary/aromatic N) is 5. The van der Waals surface area contributed by atoms with Crippen molar-refractivity contribution < 1.29 is 4.74 Å². The number of ether oxygens (including phenoxy) is 1. The van der Waals surface area contributed by atoms with Crippen molar-refractivity contribution in [3.05, 3.63) is 18.1 Å². The zero-order chi connectivity index (χ0) is 13.0. The molecule has 18 heavy (non-hydrogen) atoms. The fourth-order valence-electron chi connectivity index (χ4n) is 1.78. The van der Waals surface area contributed by atoms with Gasteiger partial charge in [0.15, 0.2) is 0 Å². The van der Waals surface area contributed by atoms with Crippen molar-refractivity contribution >= 4 is 27.5 Å². The summed E-state index contributed by atoms with van der Waals surface area (Å²) in [5, 5.41) is 5.10. The van der Waals surface area contributed by atoms with Gasteiger partial charge in [-0.1, -0.05) is 15.9 Å². The van der Waals surface area contributed by atoms with E-state index in [0.717, 1.165) is 29.9 Å². The fraction of sp³-hybridized carbons (Fsp3) is 0.545. The van der Waals surface area contributed by atoms with Crippen LogP contribution in [-0.4, -0.2) is 51.7 Å². The van der Waals surface area contributed by atoms with Crippen molar-refractivity contribution in [2.75, 3.05) is 37.0 Å². The largest absolute Gasteiger partial charge is 0.383 e. The number of hydrogen-bond donors (Lipinski definition) is 0. The lowest BCUT2D eigenvalue weighted by Crippen LogP contribution is -2.31. The first-order valence-electron chi connectivity index (χ1n) is 5.73. The van der Waals surface area contributed by atoms with Crippen LogP contribution < -0.4 is 4.90 Å². The summed E-state index contributed by atoms with van der Waals surface area (Å²) in [7, 11) is 1.70. The molecule has 0 unspecified atom stereocenters. The molecule has 0 N–H and O–H groups in total. The zero-order valence-electron chi connectivity index (χ0n) is 10.5. The second kappa shape index (κ2) is 6.10. The van der Waals surface area contributed by atoms with E-state index in [0.29, 0.717) is 12.4 Å². The number of anilines is 1. The SMILES string of the molecule is COCCN(CCBr)c1cc(C)nc2ncnn12. The standard InChI is InChI=1S/C11H16BrN5O/c1-9-7-10(16(4-3-12)5-6-18-2)17-11(15-9)13-8-14-17/h7-8H,3-6H2,1-2H3. The molecule has 2 heterocycles. The van der Waals surface area contributed by atoms with Gasteiger partial charge in [0.1, 0.15) is 12.1 Å². The van der Waals surface area contributed by atoms with Crippen LogP contribution in [0.5, 0.6) is 0 Å². The van der Waals surface area contributed by atoms with Crippen molar-refractivity contribution in [2.45, 2.75) is 6.92 Å². The molecule has 2 rings (SSSR count). The van der Waals surface area contributed by atoms with E-state index in [1.54, 1.807) is 11.6 Å². The number of fused-ring (bicyclic) bond motifs is 1.